The van der Waals surface area contributed by atoms with Crippen LogP contribution in [-0.4, -0.2) is 18.5 Å². The molecule has 0 saturated heterocycles. The summed E-state index contributed by atoms with van der Waals surface area (Å²) in [7, 11) is 0. The van der Waals surface area contributed by atoms with E-state index in [1.165, 1.54) is 0 Å². The Morgan fingerprint density at radius 2 is 2.00 bits per heavy atom. The molecule has 0 saturated carbocycles. The van der Waals surface area contributed by atoms with Gasteiger partial charge in [0.15, 0.2) is 0 Å². The summed E-state index contributed by atoms with van der Waals surface area (Å²) in [6, 6.07) is 0.0560. The molecule has 3 nitrogen and oxygen atoms in total. The van der Waals surface area contributed by atoms with E-state index in [-0.39, 0.29) is 11.9 Å². The summed E-state index contributed by atoms with van der Waals surface area (Å²) in [5.41, 5.74) is 5.38. The van der Waals surface area contributed by atoms with Gasteiger partial charge in [-0.2, -0.15) is 0 Å². The van der Waals surface area contributed by atoms with Crippen molar-refractivity contribution >= 4 is 5.91 Å². The summed E-state index contributed by atoms with van der Waals surface area (Å²) < 4.78 is 0. The normalized spacial score (nSPS) is 11.0. The smallest absolute Gasteiger partial charge is 0.219 e. The lowest BCUT2D eigenvalue weighted by Gasteiger charge is -2.04. The summed E-state index contributed by atoms with van der Waals surface area (Å²) in [5.74, 6) is 0.0623. The van der Waals surface area contributed by atoms with Gasteiger partial charge in [-0.3, -0.25) is 4.79 Å². The minimum Gasteiger partial charge on any atom is -0.355 e. The van der Waals surface area contributed by atoms with Gasteiger partial charge in [0, 0.05) is 19.0 Å². The van der Waals surface area contributed by atoms with Crippen LogP contribution in [0.2, 0.25) is 0 Å². The van der Waals surface area contributed by atoms with Gasteiger partial charge in [0.25, 0.3) is 0 Å². The maximum Gasteiger partial charge on any atom is 0.219 e. The van der Waals surface area contributed by atoms with Gasteiger partial charge in [-0.05, 0) is 6.92 Å². The Hall–Kier alpha value is -0.570. The number of nitrogens with one attached hydrogen (secondary N) is 1. The molecule has 0 unspecified atom stereocenters. The summed E-state index contributed by atoms with van der Waals surface area (Å²) >= 11 is 0. The van der Waals surface area contributed by atoms with Gasteiger partial charge in [-0.15, -0.1) is 0 Å². The molecule has 0 aliphatic rings. The Kier molecular flexibility index (Phi) is 11.2. The highest BCUT2D eigenvalue weighted by molar-refractivity contribution is 5.75. The minimum absolute atomic E-state index is 0.0560. The molecule has 0 aromatic rings. The number of nitrogens with two attached hydrogens (primary N) is 1. The summed E-state index contributed by atoms with van der Waals surface area (Å²) in [6.45, 7) is 8.25. The SMILES string of the molecule is CC.CCC(=O)NC[C@H](C)N. The summed E-state index contributed by atoms with van der Waals surface area (Å²) in [6.07, 6.45) is 0.534. The minimum atomic E-state index is 0.0560. The van der Waals surface area contributed by atoms with Crippen molar-refractivity contribution in [3.05, 3.63) is 0 Å². The third-order valence-electron chi connectivity index (χ3n) is 0.942. The van der Waals surface area contributed by atoms with Crippen LogP contribution in [0.15, 0.2) is 0 Å². The van der Waals surface area contributed by atoms with Crippen LogP contribution in [0.25, 0.3) is 0 Å². The van der Waals surface area contributed by atoms with Gasteiger partial charge < -0.3 is 11.1 Å². The molecule has 68 valence electrons. The van der Waals surface area contributed by atoms with Crippen LogP contribution in [0.4, 0.5) is 0 Å². The van der Waals surface area contributed by atoms with E-state index < -0.39 is 0 Å². The van der Waals surface area contributed by atoms with Crippen LogP contribution in [0.1, 0.15) is 34.1 Å². The molecule has 3 N–H and O–H groups in total. The molecule has 11 heavy (non-hydrogen) atoms. The maximum atomic E-state index is 10.5. The molecule has 0 spiro atoms. The van der Waals surface area contributed by atoms with Gasteiger partial charge in [0.05, 0.1) is 0 Å². The molecule has 0 aromatic heterocycles. The van der Waals surface area contributed by atoms with Crippen molar-refractivity contribution in [2.24, 2.45) is 5.73 Å². The van der Waals surface area contributed by atoms with E-state index in [1.54, 1.807) is 0 Å². The average molecular weight is 160 g/mol. The average Bonchev–Trinajstić information content (AvgIpc) is 2.04. The van der Waals surface area contributed by atoms with Crippen molar-refractivity contribution in [2.75, 3.05) is 6.54 Å². The van der Waals surface area contributed by atoms with Crippen molar-refractivity contribution in [2.45, 2.75) is 40.2 Å². The van der Waals surface area contributed by atoms with E-state index in [1.807, 2.05) is 27.7 Å². The van der Waals surface area contributed by atoms with Gasteiger partial charge in [0.2, 0.25) is 5.91 Å². The Bertz CT molecular complexity index is 92.1. The molecule has 0 radical (unpaired) electrons. The highest BCUT2D eigenvalue weighted by Crippen LogP contribution is 1.75. The fraction of sp³-hybridized carbons (Fsp3) is 0.875. The summed E-state index contributed by atoms with van der Waals surface area (Å²) in [4.78, 5) is 10.5. The molecule has 1 atom stereocenters. The number of hydrogen-bond donors (Lipinski definition) is 2. The Morgan fingerprint density at radius 1 is 1.55 bits per heavy atom. The van der Waals surface area contributed by atoms with Crippen LogP contribution in [-0.2, 0) is 4.79 Å². The third-order valence-corrected chi connectivity index (χ3v) is 0.942. The fourth-order valence-corrected chi connectivity index (χ4v) is 0.400. The maximum absolute atomic E-state index is 10.5. The second kappa shape index (κ2) is 9.43. The predicted octanol–water partition coefficient (Wildman–Crippen LogP) is 0.886. The van der Waals surface area contributed by atoms with Crippen LogP contribution < -0.4 is 11.1 Å². The van der Waals surface area contributed by atoms with Crippen molar-refractivity contribution < 1.29 is 4.79 Å². The van der Waals surface area contributed by atoms with Crippen molar-refractivity contribution in [1.29, 1.82) is 0 Å². The number of carbonyl (C=O) groups is 1. The fourth-order valence-electron chi connectivity index (χ4n) is 0.400. The molecular weight excluding hydrogens is 140 g/mol. The Morgan fingerprint density at radius 3 is 2.27 bits per heavy atom. The zero-order valence-electron chi connectivity index (χ0n) is 7.98. The Balaban J connectivity index is 0. The quantitative estimate of drug-likeness (QED) is 0.644. The van der Waals surface area contributed by atoms with E-state index in [0.29, 0.717) is 13.0 Å². The Labute approximate surface area is 69.4 Å². The molecule has 0 rings (SSSR count). The van der Waals surface area contributed by atoms with E-state index in [0.717, 1.165) is 0 Å². The molecule has 0 fully saturated rings. The zero-order valence-corrected chi connectivity index (χ0v) is 7.98. The second-order valence-electron chi connectivity index (χ2n) is 2.13. The molecule has 0 heterocycles. The first-order chi connectivity index (χ1) is 5.16. The number of hydrogen-bond acceptors (Lipinski definition) is 2. The standard InChI is InChI=1S/C6H14N2O.C2H6/c1-3-6(9)8-4-5(2)7;1-2/h5H,3-4,7H2,1-2H3,(H,8,9);1-2H3/t5-;/m0./s1. The van der Waals surface area contributed by atoms with Crippen LogP contribution in [0.5, 0.6) is 0 Å². The van der Waals surface area contributed by atoms with Crippen LogP contribution in [0, 0.1) is 0 Å². The predicted molar refractivity (Wildman–Crippen MR) is 48.3 cm³/mol. The molecule has 0 aromatic carbocycles. The first kappa shape index (κ1) is 13.1. The second-order valence-corrected chi connectivity index (χ2v) is 2.13. The van der Waals surface area contributed by atoms with Crippen molar-refractivity contribution in [1.82, 2.24) is 5.32 Å². The van der Waals surface area contributed by atoms with Crippen molar-refractivity contribution in [3.63, 3.8) is 0 Å². The summed E-state index contributed by atoms with van der Waals surface area (Å²) in [5, 5.41) is 2.67. The third kappa shape index (κ3) is 12.6. The number of carbonyl (C=O) groups excluding carboxylic acids is 1. The topological polar surface area (TPSA) is 55.1 Å². The van der Waals surface area contributed by atoms with Gasteiger partial charge in [0.1, 0.15) is 0 Å². The van der Waals surface area contributed by atoms with E-state index in [4.69, 9.17) is 5.73 Å². The molecule has 0 bridgehead atoms. The monoisotopic (exact) mass is 160 g/mol. The molecule has 0 aliphatic carbocycles. The number of amides is 1. The van der Waals surface area contributed by atoms with E-state index in [2.05, 4.69) is 5.32 Å². The molecule has 3 heteroatoms. The van der Waals surface area contributed by atoms with Gasteiger partial charge in [-0.25, -0.2) is 0 Å². The number of rotatable bonds is 3. The highest BCUT2D eigenvalue weighted by atomic mass is 16.1. The molecule has 0 aliphatic heterocycles. The lowest BCUT2D eigenvalue weighted by atomic mass is 10.3. The zero-order chi connectivity index (χ0) is 9.28. The van der Waals surface area contributed by atoms with E-state index >= 15 is 0 Å². The highest BCUT2D eigenvalue weighted by Gasteiger charge is 1.96. The largest absolute Gasteiger partial charge is 0.355 e. The first-order valence-electron chi connectivity index (χ1n) is 4.19. The lowest BCUT2D eigenvalue weighted by Crippen LogP contribution is -2.34. The van der Waals surface area contributed by atoms with Crippen molar-refractivity contribution in [3.8, 4) is 0 Å². The van der Waals surface area contributed by atoms with Gasteiger partial charge in [-0.1, -0.05) is 20.8 Å². The lowest BCUT2D eigenvalue weighted by molar-refractivity contribution is -0.120. The van der Waals surface area contributed by atoms with E-state index in [9.17, 15) is 4.79 Å². The molecular formula is C8H20N2O. The van der Waals surface area contributed by atoms with Crippen LogP contribution >= 0.6 is 0 Å². The van der Waals surface area contributed by atoms with Crippen LogP contribution in [0.3, 0.4) is 0 Å². The first-order valence-corrected chi connectivity index (χ1v) is 4.19. The van der Waals surface area contributed by atoms with Gasteiger partial charge >= 0.3 is 0 Å². The molecule has 1 amide bonds.